The Bertz CT molecular complexity index is 752. The summed E-state index contributed by atoms with van der Waals surface area (Å²) in [6, 6.07) is 1.60. The van der Waals surface area contributed by atoms with Crippen molar-refractivity contribution in [1.82, 2.24) is 20.2 Å². The lowest BCUT2D eigenvalue weighted by atomic mass is 10.4. The molecular weight excluding hydrogens is 330 g/mol. The van der Waals surface area contributed by atoms with Crippen molar-refractivity contribution >= 4 is 33.0 Å². The van der Waals surface area contributed by atoms with Crippen LogP contribution in [0.3, 0.4) is 0 Å². The molecule has 0 aromatic carbocycles. The fourth-order valence-corrected chi connectivity index (χ4v) is 3.90. The van der Waals surface area contributed by atoms with Crippen LogP contribution in [0.15, 0.2) is 11.4 Å². The maximum absolute atomic E-state index is 12.0. The van der Waals surface area contributed by atoms with Gasteiger partial charge in [0.2, 0.25) is 10.0 Å². The molecule has 2 heterocycles. The first-order valence-corrected chi connectivity index (χ1v) is 9.02. The lowest BCUT2D eigenvalue weighted by molar-refractivity contribution is -0.137. The Balaban J connectivity index is 2.27. The quantitative estimate of drug-likeness (QED) is 0.731. The first-order valence-electron chi connectivity index (χ1n) is 6.49. The number of tetrazole rings is 1. The second-order valence-electron chi connectivity index (χ2n) is 4.49. The SMILES string of the molecule is CCCCS(=O)(=O)Nc1ccsc1-c1nnnn1CC(=O)O. The van der Waals surface area contributed by atoms with E-state index in [2.05, 4.69) is 20.2 Å². The molecule has 2 N–H and O–H groups in total. The maximum Gasteiger partial charge on any atom is 0.325 e. The molecule has 0 aliphatic carbocycles. The topological polar surface area (TPSA) is 127 Å². The summed E-state index contributed by atoms with van der Waals surface area (Å²) in [6.45, 7) is 1.51. The molecule has 11 heteroatoms. The summed E-state index contributed by atoms with van der Waals surface area (Å²) in [5, 5.41) is 21.4. The van der Waals surface area contributed by atoms with Crippen molar-refractivity contribution in [2.45, 2.75) is 26.3 Å². The van der Waals surface area contributed by atoms with E-state index in [0.29, 0.717) is 17.0 Å². The van der Waals surface area contributed by atoms with E-state index >= 15 is 0 Å². The molecule has 0 fully saturated rings. The highest BCUT2D eigenvalue weighted by Gasteiger charge is 2.19. The van der Waals surface area contributed by atoms with Gasteiger partial charge in [-0.25, -0.2) is 13.1 Å². The van der Waals surface area contributed by atoms with Gasteiger partial charge < -0.3 is 5.11 Å². The number of hydrogen-bond donors (Lipinski definition) is 2. The molecule has 2 rings (SSSR count). The Kier molecular flexibility index (Phi) is 5.08. The molecule has 0 saturated heterocycles. The smallest absolute Gasteiger partial charge is 0.325 e. The van der Waals surface area contributed by atoms with Gasteiger partial charge in [0.25, 0.3) is 0 Å². The average molecular weight is 345 g/mol. The molecule has 0 spiro atoms. The zero-order valence-electron chi connectivity index (χ0n) is 11.8. The van der Waals surface area contributed by atoms with Crippen molar-refractivity contribution in [2.24, 2.45) is 0 Å². The molecule has 9 nitrogen and oxygen atoms in total. The van der Waals surface area contributed by atoms with E-state index in [1.165, 1.54) is 11.3 Å². The summed E-state index contributed by atoms with van der Waals surface area (Å²) < 4.78 is 27.6. The number of unbranched alkanes of at least 4 members (excludes halogenated alkanes) is 1. The van der Waals surface area contributed by atoms with Crippen LogP contribution in [-0.2, 0) is 21.4 Å². The molecule has 0 aliphatic heterocycles. The molecule has 0 atom stereocenters. The van der Waals surface area contributed by atoms with Crippen molar-refractivity contribution in [1.29, 1.82) is 0 Å². The molecule has 0 aliphatic rings. The number of carboxylic acid groups (broad SMARTS) is 1. The fraction of sp³-hybridized carbons (Fsp3) is 0.455. The predicted octanol–water partition coefficient (Wildman–Crippen LogP) is 1.03. The van der Waals surface area contributed by atoms with Crippen molar-refractivity contribution < 1.29 is 18.3 Å². The van der Waals surface area contributed by atoms with Crippen LogP contribution in [-0.4, -0.2) is 45.5 Å². The molecule has 0 amide bonds. The molecule has 2 aromatic heterocycles. The van der Waals surface area contributed by atoms with Crippen molar-refractivity contribution in [3.05, 3.63) is 11.4 Å². The molecule has 22 heavy (non-hydrogen) atoms. The molecular formula is C11H15N5O4S2. The van der Waals surface area contributed by atoms with E-state index in [0.717, 1.165) is 11.1 Å². The van der Waals surface area contributed by atoms with E-state index in [9.17, 15) is 13.2 Å². The zero-order valence-corrected chi connectivity index (χ0v) is 13.4. The highest BCUT2D eigenvalue weighted by atomic mass is 32.2. The largest absolute Gasteiger partial charge is 0.480 e. The summed E-state index contributed by atoms with van der Waals surface area (Å²) in [5.41, 5.74) is 0.350. The zero-order chi connectivity index (χ0) is 16.2. The fourth-order valence-electron chi connectivity index (χ4n) is 1.72. The van der Waals surface area contributed by atoms with Crippen LogP contribution < -0.4 is 4.72 Å². The molecule has 0 saturated carbocycles. The summed E-state index contributed by atoms with van der Waals surface area (Å²) in [4.78, 5) is 11.3. The highest BCUT2D eigenvalue weighted by Crippen LogP contribution is 2.32. The van der Waals surface area contributed by atoms with Gasteiger partial charge in [-0.15, -0.1) is 16.4 Å². The minimum atomic E-state index is -3.45. The average Bonchev–Trinajstić information content (AvgIpc) is 3.04. The summed E-state index contributed by atoms with van der Waals surface area (Å²) in [7, 11) is -3.45. The van der Waals surface area contributed by atoms with Crippen molar-refractivity contribution in [3.8, 4) is 10.7 Å². The van der Waals surface area contributed by atoms with Gasteiger partial charge in [-0.2, -0.15) is 0 Å². The van der Waals surface area contributed by atoms with Crippen LogP contribution >= 0.6 is 11.3 Å². The van der Waals surface area contributed by atoms with E-state index in [1.54, 1.807) is 11.4 Å². The number of rotatable bonds is 8. The molecule has 0 radical (unpaired) electrons. The molecule has 2 aromatic rings. The Labute approximate surface area is 131 Å². The van der Waals surface area contributed by atoms with Gasteiger partial charge in [0.05, 0.1) is 16.3 Å². The molecule has 120 valence electrons. The Morgan fingerprint density at radius 2 is 2.27 bits per heavy atom. The van der Waals surface area contributed by atoms with Gasteiger partial charge in [0.1, 0.15) is 6.54 Å². The second-order valence-corrected chi connectivity index (χ2v) is 7.25. The number of sulfonamides is 1. The number of carbonyl (C=O) groups is 1. The highest BCUT2D eigenvalue weighted by molar-refractivity contribution is 7.92. The van der Waals surface area contributed by atoms with Crippen LogP contribution in [0.4, 0.5) is 5.69 Å². The van der Waals surface area contributed by atoms with Crippen LogP contribution in [0, 0.1) is 0 Å². The van der Waals surface area contributed by atoms with Gasteiger partial charge in [-0.1, -0.05) is 13.3 Å². The minimum Gasteiger partial charge on any atom is -0.480 e. The number of hydrogen-bond acceptors (Lipinski definition) is 7. The second kappa shape index (κ2) is 6.83. The number of aromatic nitrogens is 4. The molecule has 0 bridgehead atoms. The number of aliphatic carboxylic acids is 1. The summed E-state index contributed by atoms with van der Waals surface area (Å²) in [5.74, 6) is -0.848. The normalized spacial score (nSPS) is 11.5. The van der Waals surface area contributed by atoms with Crippen molar-refractivity contribution in [2.75, 3.05) is 10.5 Å². The number of anilines is 1. The summed E-state index contributed by atoms with van der Waals surface area (Å²) >= 11 is 1.23. The minimum absolute atomic E-state index is 0.0266. The van der Waals surface area contributed by atoms with E-state index in [1.807, 2.05) is 6.92 Å². The van der Waals surface area contributed by atoms with Crippen LogP contribution in [0.5, 0.6) is 0 Å². The Morgan fingerprint density at radius 1 is 1.50 bits per heavy atom. The maximum atomic E-state index is 12.0. The lowest BCUT2D eigenvalue weighted by Crippen LogP contribution is -2.17. The summed E-state index contributed by atoms with van der Waals surface area (Å²) in [6.07, 6.45) is 1.33. The first-order chi connectivity index (χ1) is 10.4. The van der Waals surface area contributed by atoms with Gasteiger partial charge in [0, 0.05) is 0 Å². The lowest BCUT2D eigenvalue weighted by Gasteiger charge is -2.08. The van der Waals surface area contributed by atoms with Crippen LogP contribution in [0.25, 0.3) is 10.7 Å². The Morgan fingerprint density at radius 3 is 2.95 bits per heavy atom. The van der Waals surface area contributed by atoms with Gasteiger partial charge in [-0.3, -0.25) is 9.52 Å². The van der Waals surface area contributed by atoms with E-state index in [-0.39, 0.29) is 11.6 Å². The van der Waals surface area contributed by atoms with Gasteiger partial charge >= 0.3 is 5.97 Å². The van der Waals surface area contributed by atoms with Crippen LogP contribution in [0.1, 0.15) is 19.8 Å². The molecule has 0 unspecified atom stereocenters. The first kappa shape index (κ1) is 16.4. The third kappa shape index (κ3) is 4.01. The standard InChI is InChI=1S/C11H15N5O4S2/c1-2-3-6-22(19,20)13-8-4-5-21-10(8)11-12-14-15-16(11)7-9(17)18/h4-5,13H,2-3,6-7H2,1H3,(H,17,18). The number of thiophene rings is 1. The monoisotopic (exact) mass is 345 g/mol. The number of carboxylic acids is 1. The van der Waals surface area contributed by atoms with E-state index < -0.39 is 22.5 Å². The third-order valence-corrected chi connectivity index (χ3v) is 4.98. The number of nitrogens with zero attached hydrogens (tertiary/aromatic N) is 4. The Hall–Kier alpha value is -2.01. The van der Waals surface area contributed by atoms with Crippen molar-refractivity contribution in [3.63, 3.8) is 0 Å². The van der Waals surface area contributed by atoms with Gasteiger partial charge in [0.15, 0.2) is 5.82 Å². The van der Waals surface area contributed by atoms with E-state index in [4.69, 9.17) is 5.11 Å². The van der Waals surface area contributed by atoms with Gasteiger partial charge in [-0.05, 0) is 28.3 Å². The third-order valence-electron chi connectivity index (χ3n) is 2.72. The predicted molar refractivity (Wildman–Crippen MR) is 81.1 cm³/mol. The van der Waals surface area contributed by atoms with Crippen LogP contribution in [0.2, 0.25) is 0 Å². The number of nitrogens with one attached hydrogen (secondary N) is 1.